The lowest BCUT2D eigenvalue weighted by atomic mass is 10.0. The molecular formula is C30H30N4O4S. The van der Waals surface area contributed by atoms with Gasteiger partial charge in [0.1, 0.15) is 12.1 Å². The first kappa shape index (κ1) is 25.4. The highest BCUT2D eigenvalue weighted by atomic mass is 32.1. The predicted octanol–water partition coefficient (Wildman–Crippen LogP) is 3.33. The molecule has 3 aliphatic rings. The zero-order valence-corrected chi connectivity index (χ0v) is 22.3. The van der Waals surface area contributed by atoms with E-state index in [1.165, 1.54) is 0 Å². The third-order valence-electron chi connectivity index (χ3n) is 7.93. The van der Waals surface area contributed by atoms with E-state index in [1.807, 2.05) is 35.7 Å². The summed E-state index contributed by atoms with van der Waals surface area (Å²) in [5.74, 6) is -0.380. The lowest BCUT2D eigenvalue weighted by Gasteiger charge is -2.28. The second kappa shape index (κ2) is 10.7. The number of hydrogen-bond donors (Lipinski definition) is 1. The Morgan fingerprint density at radius 3 is 2.54 bits per heavy atom. The number of nitrogens with one attached hydrogen (secondary N) is 1. The van der Waals surface area contributed by atoms with Crippen LogP contribution in [0, 0.1) is 5.92 Å². The van der Waals surface area contributed by atoms with Gasteiger partial charge in [-0.2, -0.15) is 0 Å². The van der Waals surface area contributed by atoms with Crippen LogP contribution in [-0.2, 0) is 20.8 Å². The topological polar surface area (TPSA) is 99.7 Å². The molecule has 2 aromatic heterocycles. The molecule has 3 amide bonds. The molecule has 1 aromatic carbocycles. The number of benzene rings is 1. The van der Waals surface area contributed by atoms with Crippen LogP contribution in [0.3, 0.4) is 0 Å². The lowest BCUT2D eigenvalue weighted by Crippen LogP contribution is -2.52. The van der Waals surface area contributed by atoms with Crippen molar-refractivity contribution in [3.63, 3.8) is 0 Å². The van der Waals surface area contributed by atoms with Crippen LogP contribution in [-0.4, -0.2) is 69.5 Å². The van der Waals surface area contributed by atoms with Crippen molar-refractivity contribution in [1.29, 1.82) is 0 Å². The highest BCUT2D eigenvalue weighted by Gasteiger charge is 2.52. The fraction of sp³-hybridized carbons (Fsp3) is 0.367. The fourth-order valence-corrected chi connectivity index (χ4v) is 6.48. The molecule has 9 heteroatoms. The number of pyridine rings is 1. The molecule has 0 radical (unpaired) electrons. The predicted molar refractivity (Wildman–Crippen MR) is 147 cm³/mol. The number of hydrogen-bond acceptors (Lipinski definition) is 6. The van der Waals surface area contributed by atoms with Gasteiger partial charge in [-0.1, -0.05) is 37.1 Å². The van der Waals surface area contributed by atoms with Gasteiger partial charge in [0.2, 0.25) is 11.8 Å². The number of aromatic nitrogens is 1. The minimum atomic E-state index is -0.700. The number of likely N-dealkylation sites (tertiary alicyclic amines) is 2. The van der Waals surface area contributed by atoms with E-state index in [-0.39, 0.29) is 42.5 Å². The summed E-state index contributed by atoms with van der Waals surface area (Å²) in [7, 11) is 0. The van der Waals surface area contributed by atoms with Crippen LogP contribution in [0.15, 0.2) is 66.3 Å². The average Bonchev–Trinajstić information content (AvgIpc) is 3.31. The molecular weight excluding hydrogens is 512 g/mol. The summed E-state index contributed by atoms with van der Waals surface area (Å²) < 4.78 is 0. The van der Waals surface area contributed by atoms with Crippen molar-refractivity contribution in [2.75, 3.05) is 13.1 Å². The number of thiophene rings is 1. The standard InChI is InChI=1S/C30H30N4O4S/c35-25-18-34(27(36)16-20-3-1-12-31-17-20)24-11-13-33(28(24)25)30(38)23(15-19-5-6-19)32-29(37)22-9-7-21(8-10-22)26-4-2-14-39-26/h1-4,7-10,12,14,17,19,23-24,28H,5-6,11,13,15-16,18H2,(H,32,37). The van der Waals surface area contributed by atoms with E-state index in [2.05, 4.69) is 10.3 Å². The Morgan fingerprint density at radius 2 is 1.85 bits per heavy atom. The molecule has 6 rings (SSSR count). The van der Waals surface area contributed by atoms with E-state index in [1.54, 1.807) is 51.7 Å². The Morgan fingerprint density at radius 1 is 1.03 bits per heavy atom. The highest BCUT2D eigenvalue weighted by Crippen LogP contribution is 2.36. The highest BCUT2D eigenvalue weighted by molar-refractivity contribution is 7.13. The van der Waals surface area contributed by atoms with Gasteiger partial charge in [-0.3, -0.25) is 24.2 Å². The molecule has 3 fully saturated rings. The van der Waals surface area contributed by atoms with Crippen molar-refractivity contribution in [3.8, 4) is 10.4 Å². The fourth-order valence-electron chi connectivity index (χ4n) is 5.75. The normalized spacial score (nSPS) is 21.1. The van der Waals surface area contributed by atoms with Crippen LogP contribution in [0.4, 0.5) is 0 Å². The van der Waals surface area contributed by atoms with E-state index in [9.17, 15) is 19.2 Å². The maximum Gasteiger partial charge on any atom is 0.251 e. The first-order chi connectivity index (χ1) is 19.0. The Hall–Kier alpha value is -3.85. The van der Waals surface area contributed by atoms with Gasteiger partial charge in [0.25, 0.3) is 5.91 Å². The second-order valence-electron chi connectivity index (χ2n) is 10.6. The first-order valence-corrected chi connectivity index (χ1v) is 14.3. The van der Waals surface area contributed by atoms with Gasteiger partial charge < -0.3 is 15.1 Å². The molecule has 0 bridgehead atoms. The van der Waals surface area contributed by atoms with Gasteiger partial charge >= 0.3 is 0 Å². The summed E-state index contributed by atoms with van der Waals surface area (Å²) in [5.41, 5.74) is 2.32. The smallest absolute Gasteiger partial charge is 0.251 e. The Bertz CT molecular complexity index is 1370. The maximum absolute atomic E-state index is 13.8. The number of amides is 3. The summed E-state index contributed by atoms with van der Waals surface area (Å²) >= 11 is 1.64. The summed E-state index contributed by atoms with van der Waals surface area (Å²) in [6.07, 6.45) is 6.66. The van der Waals surface area contributed by atoms with Crippen molar-refractivity contribution >= 4 is 34.8 Å². The molecule has 3 aromatic rings. The Balaban J connectivity index is 1.14. The summed E-state index contributed by atoms with van der Waals surface area (Å²) in [5, 5.41) is 4.98. The Labute approximate surface area is 231 Å². The van der Waals surface area contributed by atoms with Crippen LogP contribution < -0.4 is 5.32 Å². The molecule has 2 aliphatic heterocycles. The molecule has 2 saturated heterocycles. The molecule has 200 valence electrons. The third kappa shape index (κ3) is 5.36. The van der Waals surface area contributed by atoms with E-state index >= 15 is 0 Å². The molecule has 1 N–H and O–H groups in total. The monoisotopic (exact) mass is 542 g/mol. The maximum atomic E-state index is 13.8. The Kier molecular flexibility index (Phi) is 6.99. The minimum absolute atomic E-state index is 0.00838. The van der Waals surface area contributed by atoms with Crippen LogP contribution in [0.1, 0.15) is 41.6 Å². The zero-order valence-electron chi connectivity index (χ0n) is 21.5. The molecule has 0 spiro atoms. The quantitative estimate of drug-likeness (QED) is 0.471. The van der Waals surface area contributed by atoms with Gasteiger partial charge in [-0.15, -0.1) is 11.3 Å². The van der Waals surface area contributed by atoms with E-state index < -0.39 is 12.1 Å². The van der Waals surface area contributed by atoms with Crippen molar-refractivity contribution in [2.24, 2.45) is 5.92 Å². The molecule has 8 nitrogen and oxygen atoms in total. The number of rotatable bonds is 8. The summed E-state index contributed by atoms with van der Waals surface area (Å²) in [4.78, 5) is 61.5. The van der Waals surface area contributed by atoms with Crippen LogP contribution >= 0.6 is 11.3 Å². The van der Waals surface area contributed by atoms with E-state index in [0.717, 1.165) is 28.8 Å². The molecule has 3 unspecified atom stereocenters. The van der Waals surface area contributed by atoms with Gasteiger partial charge in [0.05, 0.1) is 19.0 Å². The molecule has 1 aliphatic carbocycles. The van der Waals surface area contributed by atoms with Crippen molar-refractivity contribution in [3.05, 3.63) is 77.4 Å². The van der Waals surface area contributed by atoms with E-state index in [4.69, 9.17) is 0 Å². The van der Waals surface area contributed by atoms with Crippen LogP contribution in [0.2, 0.25) is 0 Å². The minimum Gasteiger partial charge on any atom is -0.340 e. The van der Waals surface area contributed by atoms with Crippen LogP contribution in [0.5, 0.6) is 0 Å². The molecule has 4 heterocycles. The number of carbonyl (C=O) groups is 4. The number of Topliss-reactive ketones (excluding diaryl/α,β-unsaturated/α-hetero) is 1. The first-order valence-electron chi connectivity index (χ1n) is 13.4. The summed E-state index contributed by atoms with van der Waals surface area (Å²) in [6.45, 7) is 0.400. The van der Waals surface area contributed by atoms with Gasteiger partial charge in [-0.05, 0) is 59.5 Å². The van der Waals surface area contributed by atoms with E-state index in [0.29, 0.717) is 30.9 Å². The average molecular weight is 543 g/mol. The number of nitrogens with zero attached hydrogens (tertiary/aromatic N) is 3. The summed E-state index contributed by atoms with van der Waals surface area (Å²) in [6, 6.07) is 13.3. The van der Waals surface area contributed by atoms with Gasteiger partial charge in [0.15, 0.2) is 5.78 Å². The number of carbonyl (C=O) groups excluding carboxylic acids is 4. The van der Waals surface area contributed by atoms with Crippen LogP contribution in [0.25, 0.3) is 10.4 Å². The third-order valence-corrected chi connectivity index (χ3v) is 8.85. The molecule has 39 heavy (non-hydrogen) atoms. The second-order valence-corrected chi connectivity index (χ2v) is 11.6. The van der Waals surface area contributed by atoms with Crippen molar-refractivity contribution in [1.82, 2.24) is 20.1 Å². The number of fused-ring (bicyclic) bond motifs is 1. The zero-order chi connectivity index (χ0) is 26.9. The van der Waals surface area contributed by atoms with Gasteiger partial charge in [0, 0.05) is 29.4 Å². The number of ketones is 1. The largest absolute Gasteiger partial charge is 0.340 e. The molecule has 1 saturated carbocycles. The van der Waals surface area contributed by atoms with Gasteiger partial charge in [-0.25, -0.2) is 0 Å². The van der Waals surface area contributed by atoms with Crippen molar-refractivity contribution in [2.45, 2.75) is 50.2 Å². The van der Waals surface area contributed by atoms with Crippen molar-refractivity contribution < 1.29 is 19.2 Å². The molecule has 3 atom stereocenters. The lowest BCUT2D eigenvalue weighted by molar-refractivity contribution is -0.138. The SMILES string of the molecule is O=C(NC(CC1CC1)C(=O)N1CCC2C1C(=O)CN2C(=O)Cc1cccnc1)c1ccc(-c2cccs2)cc1.